The van der Waals surface area contributed by atoms with E-state index in [4.69, 9.17) is 4.74 Å². The molecule has 2 amide bonds. The van der Waals surface area contributed by atoms with Crippen LogP contribution in [0.15, 0.2) is 36.7 Å². The Kier molecular flexibility index (Phi) is 6.06. The predicted octanol–water partition coefficient (Wildman–Crippen LogP) is 3.65. The maximum absolute atomic E-state index is 11.9. The molecule has 0 atom stereocenters. The molecule has 2 N–H and O–H groups in total. The number of hydrogen-bond acceptors (Lipinski definition) is 3. The number of benzene rings is 1. The van der Waals surface area contributed by atoms with Crippen molar-refractivity contribution >= 4 is 11.7 Å². The quantitative estimate of drug-likeness (QED) is 0.755. The molecule has 1 aliphatic carbocycles. The van der Waals surface area contributed by atoms with Gasteiger partial charge >= 0.3 is 6.03 Å². The van der Waals surface area contributed by atoms with Gasteiger partial charge in [-0.2, -0.15) is 0 Å². The first-order chi connectivity index (χ1) is 12.2. The van der Waals surface area contributed by atoms with Crippen molar-refractivity contribution in [1.82, 2.24) is 14.9 Å². The van der Waals surface area contributed by atoms with Crippen LogP contribution < -0.4 is 10.6 Å². The number of carbonyl (C=O) groups is 1. The van der Waals surface area contributed by atoms with Crippen LogP contribution in [-0.2, 0) is 4.74 Å². The van der Waals surface area contributed by atoms with Crippen LogP contribution in [0.4, 0.5) is 10.5 Å². The fraction of sp³-hybridized carbons (Fsp3) is 0.474. The van der Waals surface area contributed by atoms with E-state index in [0.29, 0.717) is 19.3 Å². The molecule has 0 aliphatic heterocycles. The van der Waals surface area contributed by atoms with E-state index in [1.165, 1.54) is 25.7 Å². The molecule has 1 saturated carbocycles. The second-order valence-electron chi connectivity index (χ2n) is 6.40. The molecule has 1 fully saturated rings. The van der Waals surface area contributed by atoms with Crippen LogP contribution >= 0.6 is 0 Å². The van der Waals surface area contributed by atoms with Crippen molar-refractivity contribution in [3.63, 3.8) is 0 Å². The summed E-state index contributed by atoms with van der Waals surface area (Å²) in [6.07, 6.45) is 9.89. The molecule has 0 saturated heterocycles. The van der Waals surface area contributed by atoms with Gasteiger partial charge in [0.2, 0.25) is 0 Å². The van der Waals surface area contributed by atoms with Gasteiger partial charge in [0.1, 0.15) is 5.82 Å². The van der Waals surface area contributed by atoms with Gasteiger partial charge in [-0.1, -0.05) is 12.8 Å². The molecule has 2 aromatic rings. The maximum atomic E-state index is 11.9. The fourth-order valence-electron chi connectivity index (χ4n) is 3.11. The average molecular weight is 342 g/mol. The van der Waals surface area contributed by atoms with Gasteiger partial charge in [-0.05, 0) is 50.5 Å². The van der Waals surface area contributed by atoms with Crippen molar-refractivity contribution < 1.29 is 9.53 Å². The van der Waals surface area contributed by atoms with Gasteiger partial charge in [-0.15, -0.1) is 0 Å². The van der Waals surface area contributed by atoms with E-state index in [2.05, 4.69) is 15.6 Å². The number of rotatable bonds is 7. The van der Waals surface area contributed by atoms with Crippen molar-refractivity contribution in [2.24, 2.45) is 0 Å². The third-order valence-electron chi connectivity index (χ3n) is 4.49. The largest absolute Gasteiger partial charge is 0.378 e. The Hall–Kier alpha value is -2.34. The highest BCUT2D eigenvalue weighted by Crippen LogP contribution is 2.20. The van der Waals surface area contributed by atoms with E-state index < -0.39 is 0 Å². The molecule has 6 nitrogen and oxygen atoms in total. The Balaban J connectivity index is 1.37. The number of ether oxygens (including phenoxy) is 1. The monoisotopic (exact) mass is 342 g/mol. The lowest BCUT2D eigenvalue weighted by Gasteiger charge is -2.12. The summed E-state index contributed by atoms with van der Waals surface area (Å²) >= 11 is 0. The molecule has 25 heavy (non-hydrogen) atoms. The first-order valence-electron chi connectivity index (χ1n) is 8.99. The molecule has 1 heterocycles. The zero-order valence-electron chi connectivity index (χ0n) is 14.7. The minimum absolute atomic E-state index is 0.188. The number of anilines is 1. The number of carbonyl (C=O) groups excluding carboxylic acids is 1. The van der Waals surface area contributed by atoms with Gasteiger partial charge in [0.15, 0.2) is 0 Å². The van der Waals surface area contributed by atoms with Gasteiger partial charge in [-0.3, -0.25) is 0 Å². The molecule has 6 heteroatoms. The minimum Gasteiger partial charge on any atom is -0.378 e. The van der Waals surface area contributed by atoms with Gasteiger partial charge in [0, 0.05) is 36.9 Å². The minimum atomic E-state index is -0.188. The van der Waals surface area contributed by atoms with Crippen LogP contribution in [0.1, 0.15) is 37.9 Å². The second-order valence-corrected chi connectivity index (χ2v) is 6.40. The lowest BCUT2D eigenvalue weighted by atomic mass is 10.2. The summed E-state index contributed by atoms with van der Waals surface area (Å²) in [7, 11) is 0. The normalized spacial score (nSPS) is 14.6. The SMILES string of the molecule is Cc1nccn1-c1ccc(NC(=O)NCCCOC2CCCC2)cc1. The Labute approximate surface area is 148 Å². The second kappa shape index (κ2) is 8.67. The number of aromatic nitrogens is 2. The highest BCUT2D eigenvalue weighted by atomic mass is 16.5. The summed E-state index contributed by atoms with van der Waals surface area (Å²) in [5.41, 5.74) is 1.78. The average Bonchev–Trinajstić information content (AvgIpc) is 3.27. The van der Waals surface area contributed by atoms with Gasteiger partial charge in [0.05, 0.1) is 6.10 Å². The zero-order chi connectivity index (χ0) is 17.5. The molecular formula is C19H26N4O2. The molecule has 0 bridgehead atoms. The maximum Gasteiger partial charge on any atom is 0.319 e. The molecule has 1 aliphatic rings. The standard InChI is InChI=1S/C19H26N4O2/c1-15-20-12-13-23(15)17-9-7-16(8-10-17)22-19(24)21-11-4-14-25-18-5-2-3-6-18/h7-10,12-13,18H,2-6,11,14H2,1H3,(H2,21,22,24). The number of nitrogens with one attached hydrogen (secondary N) is 2. The van der Waals surface area contributed by atoms with Crippen LogP contribution in [0.5, 0.6) is 0 Å². The fourth-order valence-corrected chi connectivity index (χ4v) is 3.11. The van der Waals surface area contributed by atoms with Crippen LogP contribution in [0.3, 0.4) is 0 Å². The summed E-state index contributed by atoms with van der Waals surface area (Å²) in [5.74, 6) is 0.929. The number of amides is 2. The Morgan fingerprint density at radius 1 is 1.28 bits per heavy atom. The summed E-state index contributed by atoms with van der Waals surface area (Å²) in [5, 5.41) is 5.71. The number of aryl methyl sites for hydroxylation is 1. The smallest absolute Gasteiger partial charge is 0.319 e. The number of imidazole rings is 1. The van der Waals surface area contributed by atoms with Gasteiger partial charge in [-0.25, -0.2) is 9.78 Å². The Morgan fingerprint density at radius 3 is 2.72 bits per heavy atom. The number of nitrogens with zero attached hydrogens (tertiary/aromatic N) is 2. The molecule has 3 rings (SSSR count). The summed E-state index contributed by atoms with van der Waals surface area (Å²) in [4.78, 5) is 16.1. The first-order valence-corrected chi connectivity index (χ1v) is 8.99. The highest BCUT2D eigenvalue weighted by molar-refractivity contribution is 5.89. The van der Waals surface area contributed by atoms with Crippen LogP contribution in [-0.4, -0.2) is 34.8 Å². The highest BCUT2D eigenvalue weighted by Gasteiger charge is 2.14. The topological polar surface area (TPSA) is 68.2 Å². The van der Waals surface area contributed by atoms with E-state index >= 15 is 0 Å². The first kappa shape index (κ1) is 17.5. The molecule has 0 spiro atoms. The molecule has 1 aromatic carbocycles. The summed E-state index contributed by atoms with van der Waals surface area (Å²) < 4.78 is 7.78. The van der Waals surface area contributed by atoms with E-state index in [0.717, 1.165) is 23.6 Å². The van der Waals surface area contributed by atoms with Crippen molar-refractivity contribution in [3.8, 4) is 5.69 Å². The van der Waals surface area contributed by atoms with E-state index in [1.54, 1.807) is 6.20 Å². The lowest BCUT2D eigenvalue weighted by molar-refractivity contribution is 0.0572. The van der Waals surface area contributed by atoms with Crippen molar-refractivity contribution in [3.05, 3.63) is 42.5 Å². The lowest BCUT2D eigenvalue weighted by Crippen LogP contribution is -2.30. The number of urea groups is 1. The molecule has 134 valence electrons. The Morgan fingerprint density at radius 2 is 2.04 bits per heavy atom. The Bertz CT molecular complexity index is 675. The summed E-state index contributed by atoms with van der Waals surface area (Å²) in [6.45, 7) is 3.28. The predicted molar refractivity (Wildman–Crippen MR) is 98.1 cm³/mol. The molecular weight excluding hydrogens is 316 g/mol. The molecule has 1 aromatic heterocycles. The third-order valence-corrected chi connectivity index (χ3v) is 4.49. The van der Waals surface area contributed by atoms with Crippen molar-refractivity contribution in [2.45, 2.75) is 45.1 Å². The van der Waals surface area contributed by atoms with E-state index in [-0.39, 0.29) is 6.03 Å². The van der Waals surface area contributed by atoms with Crippen molar-refractivity contribution in [1.29, 1.82) is 0 Å². The zero-order valence-corrected chi connectivity index (χ0v) is 14.7. The van der Waals surface area contributed by atoms with E-state index in [9.17, 15) is 4.79 Å². The van der Waals surface area contributed by atoms with Crippen LogP contribution in [0.25, 0.3) is 5.69 Å². The van der Waals surface area contributed by atoms with Crippen LogP contribution in [0, 0.1) is 6.92 Å². The molecule has 0 radical (unpaired) electrons. The van der Waals surface area contributed by atoms with Gasteiger partial charge in [0.25, 0.3) is 0 Å². The van der Waals surface area contributed by atoms with Crippen LogP contribution in [0.2, 0.25) is 0 Å². The summed E-state index contributed by atoms with van der Waals surface area (Å²) in [6, 6.07) is 7.50. The van der Waals surface area contributed by atoms with Crippen molar-refractivity contribution in [2.75, 3.05) is 18.5 Å². The van der Waals surface area contributed by atoms with E-state index in [1.807, 2.05) is 42.0 Å². The van der Waals surface area contributed by atoms with Gasteiger partial charge < -0.3 is 19.9 Å². The third kappa shape index (κ3) is 5.06. The number of hydrogen-bond donors (Lipinski definition) is 2. The molecule has 0 unspecified atom stereocenters.